The highest BCUT2D eigenvalue weighted by atomic mass is 19.1. The van der Waals surface area contributed by atoms with Crippen molar-refractivity contribution in [2.75, 3.05) is 18.0 Å². The fourth-order valence-electron chi connectivity index (χ4n) is 4.80. The maximum Gasteiger partial charge on any atom is 0.274 e. The van der Waals surface area contributed by atoms with Gasteiger partial charge in [0.05, 0.1) is 5.54 Å². The van der Waals surface area contributed by atoms with Gasteiger partial charge in [0.25, 0.3) is 5.91 Å². The van der Waals surface area contributed by atoms with Crippen LogP contribution in [0.15, 0.2) is 36.5 Å². The van der Waals surface area contributed by atoms with Crippen LogP contribution in [0.1, 0.15) is 43.6 Å². The van der Waals surface area contributed by atoms with Crippen LogP contribution in [0.3, 0.4) is 0 Å². The molecule has 5 nitrogen and oxygen atoms in total. The molecule has 0 saturated carbocycles. The molecule has 6 heteroatoms. The van der Waals surface area contributed by atoms with Gasteiger partial charge in [-0.3, -0.25) is 9.48 Å². The van der Waals surface area contributed by atoms with Crippen molar-refractivity contribution in [1.29, 1.82) is 0 Å². The summed E-state index contributed by atoms with van der Waals surface area (Å²) in [7, 11) is 1.82. The van der Waals surface area contributed by atoms with Crippen LogP contribution in [0.4, 0.5) is 10.1 Å². The van der Waals surface area contributed by atoms with Crippen molar-refractivity contribution in [3.05, 3.63) is 48.0 Å². The van der Waals surface area contributed by atoms with E-state index in [9.17, 15) is 9.18 Å². The number of rotatable bonds is 2. The Hall–Kier alpha value is -2.37. The van der Waals surface area contributed by atoms with Crippen molar-refractivity contribution in [2.24, 2.45) is 7.05 Å². The average molecular weight is 356 g/mol. The number of carbonyl (C=O) groups excluding carboxylic acids is 1. The lowest BCUT2D eigenvalue weighted by Gasteiger charge is -2.35. The highest BCUT2D eigenvalue weighted by Crippen LogP contribution is 2.47. The largest absolute Gasteiger partial charge is 0.364 e. The van der Waals surface area contributed by atoms with Crippen molar-refractivity contribution >= 4 is 11.6 Å². The summed E-state index contributed by atoms with van der Waals surface area (Å²) in [6, 6.07) is 8.45. The third-order valence-corrected chi connectivity index (χ3v) is 5.86. The van der Waals surface area contributed by atoms with E-state index in [0.29, 0.717) is 5.69 Å². The number of carbonyl (C=O) groups is 1. The van der Waals surface area contributed by atoms with E-state index in [0.717, 1.165) is 38.0 Å². The molecule has 1 atom stereocenters. The minimum absolute atomic E-state index is 0.0138. The van der Waals surface area contributed by atoms with Crippen LogP contribution in [0.2, 0.25) is 0 Å². The number of nitrogens with zero attached hydrogens (tertiary/aromatic N) is 4. The molecule has 1 aromatic heterocycles. The van der Waals surface area contributed by atoms with Crippen LogP contribution in [0.25, 0.3) is 0 Å². The highest BCUT2D eigenvalue weighted by molar-refractivity contribution is 5.93. The Labute approximate surface area is 153 Å². The molecule has 1 aromatic carbocycles. The first kappa shape index (κ1) is 17.1. The van der Waals surface area contributed by atoms with E-state index in [4.69, 9.17) is 0 Å². The first-order valence-corrected chi connectivity index (χ1v) is 9.16. The second kappa shape index (κ2) is 5.83. The van der Waals surface area contributed by atoms with E-state index < -0.39 is 0 Å². The van der Waals surface area contributed by atoms with E-state index >= 15 is 0 Å². The molecular weight excluding hydrogens is 331 g/mol. The van der Waals surface area contributed by atoms with Gasteiger partial charge in [-0.05, 0) is 63.4 Å². The predicted octanol–water partition coefficient (Wildman–Crippen LogP) is 3.22. The number of likely N-dealkylation sites (tertiary alicyclic amines) is 1. The first-order chi connectivity index (χ1) is 12.3. The lowest BCUT2D eigenvalue weighted by atomic mass is 9.87. The summed E-state index contributed by atoms with van der Waals surface area (Å²) in [5, 5.41) is 4.30. The van der Waals surface area contributed by atoms with Gasteiger partial charge in [-0.2, -0.15) is 5.10 Å². The topological polar surface area (TPSA) is 41.4 Å². The summed E-state index contributed by atoms with van der Waals surface area (Å²) in [5.41, 5.74) is 1.22. The quantitative estimate of drug-likeness (QED) is 0.830. The molecule has 2 fully saturated rings. The molecule has 0 N–H and O–H groups in total. The summed E-state index contributed by atoms with van der Waals surface area (Å²) in [6.45, 7) is 5.94. The zero-order valence-corrected chi connectivity index (χ0v) is 15.6. The van der Waals surface area contributed by atoms with E-state index in [-0.39, 0.29) is 22.8 Å². The molecule has 138 valence electrons. The standard InChI is InChI=1S/C20H25FN4O/c1-19(2)13-20(14-25(19)16-7-5-15(21)6-8-16)10-4-11-24(20)18(26)17-9-12-23(3)22-17/h5-9,12H,4,10-11,13-14H2,1-3H3. The molecule has 2 aliphatic rings. The minimum Gasteiger partial charge on any atom is -0.364 e. The number of hydrogen-bond donors (Lipinski definition) is 0. The monoisotopic (exact) mass is 356 g/mol. The Balaban J connectivity index is 1.65. The molecule has 0 aliphatic carbocycles. The smallest absolute Gasteiger partial charge is 0.274 e. The Morgan fingerprint density at radius 3 is 2.58 bits per heavy atom. The van der Waals surface area contributed by atoms with E-state index in [1.807, 2.05) is 24.1 Å². The minimum atomic E-state index is -0.228. The molecule has 26 heavy (non-hydrogen) atoms. The van der Waals surface area contributed by atoms with Gasteiger partial charge in [0.2, 0.25) is 0 Å². The number of anilines is 1. The summed E-state index contributed by atoms with van der Waals surface area (Å²) in [6.07, 6.45) is 4.70. The number of halogens is 1. The number of aryl methyl sites for hydroxylation is 1. The number of amides is 1. The second-order valence-electron chi connectivity index (χ2n) is 8.21. The van der Waals surface area contributed by atoms with Gasteiger partial charge < -0.3 is 9.80 Å². The van der Waals surface area contributed by atoms with Crippen LogP contribution in [0, 0.1) is 5.82 Å². The van der Waals surface area contributed by atoms with E-state index in [1.165, 1.54) is 12.1 Å². The molecule has 1 amide bonds. The maximum atomic E-state index is 13.3. The molecule has 1 unspecified atom stereocenters. The number of aromatic nitrogens is 2. The lowest BCUT2D eigenvalue weighted by Crippen LogP contribution is -2.49. The van der Waals surface area contributed by atoms with Gasteiger partial charge in [0.15, 0.2) is 0 Å². The molecule has 0 bridgehead atoms. The molecular formula is C20H25FN4O. The van der Waals surface area contributed by atoms with Crippen molar-refractivity contribution in [1.82, 2.24) is 14.7 Å². The molecule has 3 heterocycles. The zero-order valence-electron chi connectivity index (χ0n) is 15.6. The van der Waals surface area contributed by atoms with Gasteiger partial charge in [0, 0.05) is 37.6 Å². The van der Waals surface area contributed by atoms with Crippen LogP contribution in [-0.2, 0) is 7.05 Å². The maximum absolute atomic E-state index is 13.3. The Morgan fingerprint density at radius 2 is 1.92 bits per heavy atom. The Bertz CT molecular complexity index is 829. The number of benzene rings is 1. The van der Waals surface area contributed by atoms with Gasteiger partial charge in [0.1, 0.15) is 11.5 Å². The van der Waals surface area contributed by atoms with Crippen LogP contribution in [0.5, 0.6) is 0 Å². The predicted molar refractivity (Wildman–Crippen MR) is 98.7 cm³/mol. The van der Waals surface area contributed by atoms with Crippen molar-refractivity contribution < 1.29 is 9.18 Å². The molecule has 2 saturated heterocycles. The van der Waals surface area contributed by atoms with Crippen molar-refractivity contribution in [3.8, 4) is 0 Å². The normalized spacial score (nSPS) is 24.6. The van der Waals surface area contributed by atoms with Gasteiger partial charge in [-0.25, -0.2) is 4.39 Å². The van der Waals surface area contributed by atoms with Crippen LogP contribution >= 0.6 is 0 Å². The SMILES string of the molecule is Cn1ccc(C(=O)N2CCCC23CN(c2ccc(F)cc2)C(C)(C)C3)n1. The molecule has 2 aromatic rings. The Morgan fingerprint density at radius 1 is 1.19 bits per heavy atom. The zero-order chi connectivity index (χ0) is 18.5. The summed E-state index contributed by atoms with van der Waals surface area (Å²) in [5.74, 6) is -0.215. The molecule has 2 aliphatic heterocycles. The lowest BCUT2D eigenvalue weighted by molar-refractivity contribution is 0.0610. The van der Waals surface area contributed by atoms with Crippen LogP contribution in [-0.4, -0.2) is 44.8 Å². The molecule has 4 rings (SSSR count). The van der Waals surface area contributed by atoms with Crippen molar-refractivity contribution in [3.63, 3.8) is 0 Å². The summed E-state index contributed by atoms with van der Waals surface area (Å²) in [4.78, 5) is 17.4. The van der Waals surface area contributed by atoms with Gasteiger partial charge in [-0.15, -0.1) is 0 Å². The average Bonchev–Trinajstić information content (AvgIpc) is 3.26. The molecule has 1 spiro atoms. The number of hydrogen-bond acceptors (Lipinski definition) is 3. The summed E-state index contributed by atoms with van der Waals surface area (Å²) >= 11 is 0. The van der Waals surface area contributed by atoms with Gasteiger partial charge >= 0.3 is 0 Å². The van der Waals surface area contributed by atoms with Crippen molar-refractivity contribution in [2.45, 2.75) is 44.2 Å². The Kier molecular flexibility index (Phi) is 3.82. The van der Waals surface area contributed by atoms with Crippen LogP contribution < -0.4 is 4.90 Å². The fourth-order valence-corrected chi connectivity index (χ4v) is 4.80. The van der Waals surface area contributed by atoms with E-state index in [2.05, 4.69) is 23.8 Å². The summed E-state index contributed by atoms with van der Waals surface area (Å²) < 4.78 is 15.0. The first-order valence-electron chi connectivity index (χ1n) is 9.16. The van der Waals surface area contributed by atoms with Gasteiger partial charge in [-0.1, -0.05) is 0 Å². The second-order valence-corrected chi connectivity index (χ2v) is 8.21. The third kappa shape index (κ3) is 2.68. The van der Waals surface area contributed by atoms with E-state index in [1.54, 1.807) is 16.9 Å². The molecule has 0 radical (unpaired) electrons. The fraction of sp³-hybridized carbons (Fsp3) is 0.500. The third-order valence-electron chi connectivity index (χ3n) is 5.86. The highest BCUT2D eigenvalue weighted by Gasteiger charge is 2.55.